The second-order valence-corrected chi connectivity index (χ2v) is 14.0. The Bertz CT molecular complexity index is 2630. The fourth-order valence-electron chi connectivity index (χ4n) is 7.94. The van der Waals surface area contributed by atoms with Crippen LogP contribution in [0.25, 0.3) is 44.2 Å². The molecule has 0 amide bonds. The smallest absolute Gasteiger partial charge is 0.135 e. The summed E-state index contributed by atoms with van der Waals surface area (Å²) in [6.45, 7) is 0. The highest BCUT2D eigenvalue weighted by molar-refractivity contribution is 6.05. The molecule has 8 aromatic carbocycles. The molecular formula is C53H40O. The van der Waals surface area contributed by atoms with Gasteiger partial charge in [0.25, 0.3) is 0 Å². The summed E-state index contributed by atoms with van der Waals surface area (Å²) >= 11 is 0. The van der Waals surface area contributed by atoms with Gasteiger partial charge in [0.15, 0.2) is 0 Å². The van der Waals surface area contributed by atoms with Gasteiger partial charge in [0.1, 0.15) is 11.2 Å². The van der Waals surface area contributed by atoms with Crippen molar-refractivity contribution in [1.82, 2.24) is 0 Å². The van der Waals surface area contributed by atoms with Crippen LogP contribution in [0, 0.1) is 0 Å². The summed E-state index contributed by atoms with van der Waals surface area (Å²) in [7, 11) is 0. The number of hydrogen-bond acceptors (Lipinski definition) is 1. The number of aryl methyl sites for hydroxylation is 1. The Hall–Kier alpha value is -6.70. The van der Waals surface area contributed by atoms with Crippen LogP contribution in [0.15, 0.2) is 217 Å². The largest absolute Gasteiger partial charge is 0.456 e. The van der Waals surface area contributed by atoms with E-state index in [0.717, 1.165) is 24.0 Å². The molecule has 0 aliphatic heterocycles. The number of para-hydroxylation sites is 1. The van der Waals surface area contributed by atoms with E-state index < -0.39 is 0 Å². The highest BCUT2D eigenvalue weighted by Gasteiger charge is 2.18. The highest BCUT2D eigenvalue weighted by Crippen LogP contribution is 2.38. The Balaban J connectivity index is 1.04. The van der Waals surface area contributed by atoms with Crippen LogP contribution in [-0.2, 0) is 6.42 Å². The first-order chi connectivity index (χ1) is 26.8. The number of benzene rings is 8. The minimum Gasteiger partial charge on any atom is -0.456 e. The Morgan fingerprint density at radius 1 is 0.370 bits per heavy atom. The lowest BCUT2D eigenvalue weighted by Crippen LogP contribution is -2.03. The van der Waals surface area contributed by atoms with E-state index in [-0.39, 0.29) is 5.92 Å². The van der Waals surface area contributed by atoms with Gasteiger partial charge in [-0.3, -0.25) is 0 Å². The first-order valence-corrected chi connectivity index (χ1v) is 18.8. The van der Waals surface area contributed by atoms with E-state index >= 15 is 0 Å². The molecule has 1 nitrogen and oxygen atoms in total. The summed E-state index contributed by atoms with van der Waals surface area (Å²) in [5.74, 6) is 0.263. The molecule has 1 atom stereocenters. The third-order valence-electron chi connectivity index (χ3n) is 10.6. The number of furan rings is 1. The summed E-state index contributed by atoms with van der Waals surface area (Å²) in [5.41, 5.74) is 15.6. The molecule has 9 rings (SSSR count). The van der Waals surface area contributed by atoms with Crippen molar-refractivity contribution in [3.05, 3.63) is 251 Å². The lowest BCUT2D eigenvalue weighted by atomic mass is 9.85. The van der Waals surface area contributed by atoms with Gasteiger partial charge in [-0.2, -0.15) is 0 Å². The summed E-state index contributed by atoms with van der Waals surface area (Å²) < 4.78 is 6.17. The topological polar surface area (TPSA) is 13.1 Å². The number of fused-ring (bicyclic) bond motifs is 3. The van der Waals surface area contributed by atoms with E-state index in [0.29, 0.717) is 0 Å². The van der Waals surface area contributed by atoms with Gasteiger partial charge >= 0.3 is 0 Å². The van der Waals surface area contributed by atoms with Gasteiger partial charge in [-0.05, 0) is 92.3 Å². The maximum atomic E-state index is 6.17. The van der Waals surface area contributed by atoms with E-state index in [4.69, 9.17) is 4.42 Å². The third-order valence-corrected chi connectivity index (χ3v) is 10.6. The van der Waals surface area contributed by atoms with Crippen LogP contribution >= 0.6 is 0 Å². The molecule has 0 spiro atoms. The van der Waals surface area contributed by atoms with E-state index in [1.807, 2.05) is 6.07 Å². The highest BCUT2D eigenvalue weighted by atomic mass is 16.3. The van der Waals surface area contributed by atoms with Gasteiger partial charge in [0, 0.05) is 16.7 Å². The molecule has 0 saturated heterocycles. The van der Waals surface area contributed by atoms with E-state index in [9.17, 15) is 0 Å². The molecule has 0 fully saturated rings. The van der Waals surface area contributed by atoms with Gasteiger partial charge in [0.05, 0.1) is 0 Å². The van der Waals surface area contributed by atoms with Gasteiger partial charge in [0.2, 0.25) is 0 Å². The van der Waals surface area contributed by atoms with Gasteiger partial charge in [-0.15, -0.1) is 0 Å². The first kappa shape index (κ1) is 33.2. The molecule has 0 saturated carbocycles. The molecule has 0 bridgehead atoms. The fourth-order valence-corrected chi connectivity index (χ4v) is 7.94. The van der Waals surface area contributed by atoms with Crippen molar-refractivity contribution in [3.8, 4) is 11.1 Å². The van der Waals surface area contributed by atoms with Crippen molar-refractivity contribution in [2.24, 2.45) is 0 Å². The number of hydrogen-bond donors (Lipinski definition) is 0. The standard InChI is InChI=1S/C53H40O/c1-5-17-40(18-6-1)47(46-33-35-51-49(37-46)48-26-13-14-27-50(48)54-51)34-28-38-16-15-25-45(36-38)39-29-31-44(32-30-39)53(43-23-11-4-12-24-43)52(41-19-7-2-8-20-41)42-21-9-3-10-22-42/h1-27,29-33,35-37,47H,28,34H2. The molecule has 0 N–H and O–H groups in total. The van der Waals surface area contributed by atoms with Crippen LogP contribution in [-0.4, -0.2) is 0 Å². The zero-order chi connectivity index (χ0) is 36.1. The molecule has 258 valence electrons. The van der Waals surface area contributed by atoms with E-state index in [1.54, 1.807) is 0 Å². The molecule has 54 heavy (non-hydrogen) atoms. The molecule has 9 aromatic rings. The third kappa shape index (κ3) is 6.80. The predicted octanol–water partition coefficient (Wildman–Crippen LogP) is 14.0. The second kappa shape index (κ2) is 15.1. The molecule has 0 radical (unpaired) electrons. The monoisotopic (exact) mass is 692 g/mol. The van der Waals surface area contributed by atoms with Gasteiger partial charge in [-0.25, -0.2) is 0 Å². The molecule has 1 heteroatoms. The Morgan fingerprint density at radius 3 is 1.54 bits per heavy atom. The van der Waals surface area contributed by atoms with Crippen molar-refractivity contribution < 1.29 is 4.42 Å². The van der Waals surface area contributed by atoms with Crippen LogP contribution in [0.3, 0.4) is 0 Å². The van der Waals surface area contributed by atoms with Crippen LogP contribution in [0.5, 0.6) is 0 Å². The van der Waals surface area contributed by atoms with Gasteiger partial charge < -0.3 is 4.42 Å². The summed E-state index contributed by atoms with van der Waals surface area (Å²) in [5, 5.41) is 2.35. The minimum absolute atomic E-state index is 0.263. The average molecular weight is 693 g/mol. The molecular weight excluding hydrogens is 653 g/mol. The van der Waals surface area contributed by atoms with Crippen molar-refractivity contribution in [2.45, 2.75) is 18.8 Å². The van der Waals surface area contributed by atoms with Crippen LogP contribution < -0.4 is 0 Å². The molecule has 1 unspecified atom stereocenters. The minimum atomic E-state index is 0.263. The molecule has 0 aliphatic rings. The summed E-state index contributed by atoms with van der Waals surface area (Å²) in [6, 6.07) is 76.5. The average Bonchev–Trinajstić information content (AvgIpc) is 3.62. The van der Waals surface area contributed by atoms with Crippen molar-refractivity contribution in [1.29, 1.82) is 0 Å². The Morgan fingerprint density at radius 2 is 0.907 bits per heavy atom. The van der Waals surface area contributed by atoms with Crippen LogP contribution in [0.2, 0.25) is 0 Å². The molecule has 1 aromatic heterocycles. The molecule has 0 aliphatic carbocycles. The van der Waals surface area contributed by atoms with Crippen LogP contribution in [0.4, 0.5) is 0 Å². The maximum Gasteiger partial charge on any atom is 0.135 e. The summed E-state index contributed by atoms with van der Waals surface area (Å²) in [4.78, 5) is 0. The Labute approximate surface area is 317 Å². The van der Waals surface area contributed by atoms with Crippen molar-refractivity contribution in [3.63, 3.8) is 0 Å². The van der Waals surface area contributed by atoms with Crippen LogP contribution in [0.1, 0.15) is 51.3 Å². The summed E-state index contributed by atoms with van der Waals surface area (Å²) in [6.07, 6.45) is 1.97. The zero-order valence-electron chi connectivity index (χ0n) is 30.1. The van der Waals surface area contributed by atoms with E-state index in [1.165, 1.54) is 72.0 Å². The van der Waals surface area contributed by atoms with Crippen molar-refractivity contribution >= 4 is 33.1 Å². The fraction of sp³-hybridized carbons (Fsp3) is 0.0566. The SMILES string of the molecule is c1ccc(C(=C(c2ccccc2)c2ccc(-c3cccc(CCC(c4ccccc4)c4ccc5oc6ccccc6c5c4)c3)cc2)c2ccccc2)cc1. The Kier molecular flexibility index (Phi) is 9.28. The van der Waals surface area contributed by atoms with Crippen molar-refractivity contribution in [2.75, 3.05) is 0 Å². The number of rotatable bonds is 10. The first-order valence-electron chi connectivity index (χ1n) is 18.8. The lowest BCUT2D eigenvalue weighted by Gasteiger charge is -2.19. The molecule has 1 heterocycles. The quantitative estimate of drug-likeness (QED) is 0.130. The lowest BCUT2D eigenvalue weighted by molar-refractivity contribution is 0.668. The second-order valence-electron chi connectivity index (χ2n) is 14.0. The van der Waals surface area contributed by atoms with E-state index in [2.05, 4.69) is 206 Å². The maximum absolute atomic E-state index is 6.17. The van der Waals surface area contributed by atoms with Gasteiger partial charge in [-0.1, -0.05) is 194 Å². The normalized spacial score (nSPS) is 11.8. The predicted molar refractivity (Wildman–Crippen MR) is 227 cm³/mol. The zero-order valence-corrected chi connectivity index (χ0v) is 30.1.